The van der Waals surface area contributed by atoms with Crippen molar-refractivity contribution in [2.24, 2.45) is 0 Å². The fraction of sp³-hybridized carbons (Fsp3) is 0.450. The van der Waals surface area contributed by atoms with Gasteiger partial charge in [0.2, 0.25) is 5.91 Å². The van der Waals surface area contributed by atoms with E-state index in [0.29, 0.717) is 24.5 Å². The Balaban J connectivity index is 2.05. The Morgan fingerprint density at radius 3 is 2.68 bits per heavy atom. The van der Waals surface area contributed by atoms with Crippen molar-refractivity contribution >= 4 is 5.91 Å². The zero-order valence-electron chi connectivity index (χ0n) is 15.1. The van der Waals surface area contributed by atoms with E-state index in [-0.39, 0.29) is 17.4 Å². The number of hydrogen-bond donors (Lipinski definition) is 1. The number of aromatic amines is 1. The highest BCUT2D eigenvalue weighted by Gasteiger charge is 2.30. The normalized spacial score (nSPS) is 16.6. The van der Waals surface area contributed by atoms with Crippen LogP contribution >= 0.6 is 0 Å². The average Bonchev–Trinajstić information content (AvgIpc) is 2.60. The van der Waals surface area contributed by atoms with Crippen molar-refractivity contribution < 1.29 is 4.79 Å². The Morgan fingerprint density at radius 2 is 2.04 bits per heavy atom. The third-order valence-corrected chi connectivity index (χ3v) is 4.90. The highest BCUT2D eigenvalue weighted by Crippen LogP contribution is 2.30. The lowest BCUT2D eigenvalue weighted by molar-refractivity contribution is -0.130. The zero-order chi connectivity index (χ0) is 18.0. The van der Waals surface area contributed by atoms with E-state index in [1.54, 1.807) is 11.8 Å². The molecule has 1 aromatic heterocycles. The van der Waals surface area contributed by atoms with Crippen LogP contribution in [0.5, 0.6) is 0 Å². The first kappa shape index (κ1) is 17.4. The standard InChI is InChI=1S/C20H25N3O2/c1-4-5-6-16-11-23(14(3)24)12-17-18(16)21-19(22-20(17)25)15-9-7-13(2)8-10-15/h7-10,16H,4-6,11-12H2,1-3H3,(H,21,22,25). The first-order valence-corrected chi connectivity index (χ1v) is 8.95. The summed E-state index contributed by atoms with van der Waals surface area (Å²) in [6.07, 6.45) is 3.08. The predicted octanol–water partition coefficient (Wildman–Crippen LogP) is 3.38. The average molecular weight is 339 g/mol. The lowest BCUT2D eigenvalue weighted by Crippen LogP contribution is -2.40. The van der Waals surface area contributed by atoms with E-state index >= 15 is 0 Å². The number of nitrogens with one attached hydrogen (secondary N) is 1. The van der Waals surface area contributed by atoms with Crippen LogP contribution in [0.15, 0.2) is 29.1 Å². The van der Waals surface area contributed by atoms with Crippen LogP contribution in [-0.2, 0) is 11.3 Å². The predicted molar refractivity (Wildman–Crippen MR) is 98.4 cm³/mol. The highest BCUT2D eigenvalue weighted by atomic mass is 16.2. The number of nitrogens with zero attached hydrogens (tertiary/aromatic N) is 2. The first-order chi connectivity index (χ1) is 12.0. The Labute approximate surface area is 148 Å². The molecule has 1 aromatic carbocycles. The SMILES string of the molecule is CCCCC1CN(C(C)=O)Cc2c1nc(-c1ccc(C)cc1)[nH]c2=O. The fourth-order valence-electron chi connectivity index (χ4n) is 3.38. The fourth-order valence-corrected chi connectivity index (χ4v) is 3.38. The number of fused-ring (bicyclic) bond motifs is 1. The van der Waals surface area contributed by atoms with Gasteiger partial charge in [-0.1, -0.05) is 49.6 Å². The van der Waals surface area contributed by atoms with Gasteiger partial charge in [-0.3, -0.25) is 9.59 Å². The van der Waals surface area contributed by atoms with Crippen LogP contribution in [-0.4, -0.2) is 27.3 Å². The van der Waals surface area contributed by atoms with Crippen LogP contribution in [0.3, 0.4) is 0 Å². The molecule has 25 heavy (non-hydrogen) atoms. The van der Waals surface area contributed by atoms with E-state index in [1.807, 2.05) is 31.2 Å². The topological polar surface area (TPSA) is 66.1 Å². The van der Waals surface area contributed by atoms with Gasteiger partial charge in [-0.05, 0) is 13.3 Å². The Kier molecular flexibility index (Phi) is 5.02. The first-order valence-electron chi connectivity index (χ1n) is 8.95. The van der Waals surface area contributed by atoms with Crippen molar-refractivity contribution in [3.05, 3.63) is 51.4 Å². The van der Waals surface area contributed by atoms with E-state index in [4.69, 9.17) is 4.98 Å². The van der Waals surface area contributed by atoms with Crippen LogP contribution in [0.1, 0.15) is 55.8 Å². The number of aromatic nitrogens is 2. The number of aryl methyl sites for hydroxylation is 1. The molecule has 1 aliphatic heterocycles. The molecule has 0 fully saturated rings. The molecule has 1 atom stereocenters. The van der Waals surface area contributed by atoms with Gasteiger partial charge in [0.15, 0.2) is 0 Å². The molecule has 5 nitrogen and oxygen atoms in total. The number of H-pyrrole nitrogens is 1. The summed E-state index contributed by atoms with van der Waals surface area (Å²) in [5, 5.41) is 0. The molecule has 1 amide bonds. The molecule has 0 spiro atoms. The molecule has 0 saturated heterocycles. The largest absolute Gasteiger partial charge is 0.338 e. The monoisotopic (exact) mass is 339 g/mol. The maximum Gasteiger partial charge on any atom is 0.256 e. The molecule has 0 bridgehead atoms. The smallest absolute Gasteiger partial charge is 0.256 e. The van der Waals surface area contributed by atoms with Gasteiger partial charge in [0, 0.05) is 24.9 Å². The molecule has 1 N–H and O–H groups in total. The molecular weight excluding hydrogens is 314 g/mol. The number of rotatable bonds is 4. The maximum atomic E-state index is 12.7. The quantitative estimate of drug-likeness (QED) is 0.928. The van der Waals surface area contributed by atoms with E-state index in [2.05, 4.69) is 11.9 Å². The lowest BCUT2D eigenvalue weighted by atomic mass is 9.90. The summed E-state index contributed by atoms with van der Waals surface area (Å²) >= 11 is 0. The van der Waals surface area contributed by atoms with Crippen LogP contribution < -0.4 is 5.56 Å². The van der Waals surface area contributed by atoms with Crippen LogP contribution in [0.2, 0.25) is 0 Å². The summed E-state index contributed by atoms with van der Waals surface area (Å²) in [5.41, 5.74) is 3.45. The summed E-state index contributed by atoms with van der Waals surface area (Å²) in [6.45, 7) is 6.74. The highest BCUT2D eigenvalue weighted by molar-refractivity contribution is 5.73. The van der Waals surface area contributed by atoms with E-state index in [0.717, 1.165) is 30.5 Å². The number of carbonyl (C=O) groups excluding carboxylic acids is 1. The molecule has 0 saturated carbocycles. The zero-order valence-corrected chi connectivity index (χ0v) is 15.1. The molecule has 132 valence electrons. The third kappa shape index (κ3) is 3.65. The molecule has 5 heteroatoms. The Hall–Kier alpha value is -2.43. The van der Waals surface area contributed by atoms with E-state index in [1.165, 1.54) is 5.56 Å². The van der Waals surface area contributed by atoms with Gasteiger partial charge < -0.3 is 9.88 Å². The van der Waals surface area contributed by atoms with Gasteiger partial charge in [0.05, 0.1) is 17.8 Å². The molecule has 1 aliphatic rings. The molecule has 0 aliphatic carbocycles. The van der Waals surface area contributed by atoms with E-state index < -0.39 is 0 Å². The molecule has 2 heterocycles. The van der Waals surface area contributed by atoms with Gasteiger partial charge in [0.1, 0.15) is 5.82 Å². The van der Waals surface area contributed by atoms with Crippen LogP contribution in [0.4, 0.5) is 0 Å². The third-order valence-electron chi connectivity index (χ3n) is 4.90. The minimum Gasteiger partial charge on any atom is -0.338 e. The summed E-state index contributed by atoms with van der Waals surface area (Å²) in [7, 11) is 0. The van der Waals surface area contributed by atoms with Crippen molar-refractivity contribution in [2.45, 2.75) is 52.5 Å². The second-order valence-electron chi connectivity index (χ2n) is 6.88. The summed E-state index contributed by atoms with van der Waals surface area (Å²) < 4.78 is 0. The molecule has 2 aromatic rings. The second-order valence-corrected chi connectivity index (χ2v) is 6.88. The molecule has 0 radical (unpaired) electrons. The number of benzene rings is 1. The Bertz CT molecular complexity index is 824. The summed E-state index contributed by atoms with van der Waals surface area (Å²) in [6, 6.07) is 7.99. The number of hydrogen-bond acceptors (Lipinski definition) is 3. The minimum absolute atomic E-state index is 0.00848. The van der Waals surface area contributed by atoms with Gasteiger partial charge >= 0.3 is 0 Å². The van der Waals surface area contributed by atoms with Crippen molar-refractivity contribution in [1.82, 2.24) is 14.9 Å². The van der Waals surface area contributed by atoms with Crippen LogP contribution in [0, 0.1) is 6.92 Å². The van der Waals surface area contributed by atoms with Crippen molar-refractivity contribution in [1.29, 1.82) is 0 Å². The van der Waals surface area contributed by atoms with Gasteiger partial charge in [-0.15, -0.1) is 0 Å². The maximum absolute atomic E-state index is 12.7. The van der Waals surface area contributed by atoms with Crippen LogP contribution in [0.25, 0.3) is 11.4 Å². The second kappa shape index (κ2) is 7.21. The number of amides is 1. The van der Waals surface area contributed by atoms with Crippen molar-refractivity contribution in [3.63, 3.8) is 0 Å². The lowest BCUT2D eigenvalue weighted by Gasteiger charge is -2.33. The molecule has 3 rings (SSSR count). The molecule has 1 unspecified atom stereocenters. The van der Waals surface area contributed by atoms with Gasteiger partial charge in [-0.2, -0.15) is 0 Å². The van der Waals surface area contributed by atoms with Crippen molar-refractivity contribution in [3.8, 4) is 11.4 Å². The van der Waals surface area contributed by atoms with E-state index in [9.17, 15) is 9.59 Å². The minimum atomic E-state index is -0.131. The summed E-state index contributed by atoms with van der Waals surface area (Å²) in [5.74, 6) is 0.745. The van der Waals surface area contributed by atoms with Gasteiger partial charge in [-0.25, -0.2) is 4.98 Å². The van der Waals surface area contributed by atoms with Gasteiger partial charge in [0.25, 0.3) is 5.56 Å². The number of unbranched alkanes of at least 4 members (excludes halogenated alkanes) is 1. The Morgan fingerprint density at radius 1 is 1.32 bits per heavy atom. The molecular formula is C20H25N3O2. The number of carbonyl (C=O) groups is 1. The summed E-state index contributed by atoms with van der Waals surface area (Å²) in [4.78, 5) is 34.0. The van der Waals surface area contributed by atoms with Crippen molar-refractivity contribution in [2.75, 3.05) is 6.54 Å².